The maximum atomic E-state index is 9.81. The summed E-state index contributed by atoms with van der Waals surface area (Å²) in [5, 5.41) is 13.7. The molecule has 0 aliphatic rings. The zero-order valence-electron chi connectivity index (χ0n) is 10.2. The van der Waals surface area contributed by atoms with Gasteiger partial charge in [0.15, 0.2) is 0 Å². The van der Waals surface area contributed by atoms with Crippen LogP contribution >= 0.6 is 0 Å². The molecule has 0 fully saturated rings. The normalized spacial score (nSPS) is 13.0. The second-order valence-electron chi connectivity index (χ2n) is 4.51. The molecule has 4 heteroatoms. The minimum absolute atomic E-state index is 0.0568. The summed E-state index contributed by atoms with van der Waals surface area (Å²) in [6.07, 6.45) is -0.707. The third-order valence-corrected chi connectivity index (χ3v) is 2.64. The van der Waals surface area contributed by atoms with E-state index >= 15 is 0 Å². The van der Waals surface area contributed by atoms with E-state index in [4.69, 9.17) is 4.52 Å². The first-order valence-corrected chi connectivity index (χ1v) is 5.66. The van der Waals surface area contributed by atoms with E-state index in [9.17, 15) is 5.11 Å². The van der Waals surface area contributed by atoms with Crippen LogP contribution in [0.25, 0.3) is 11.4 Å². The predicted molar refractivity (Wildman–Crippen MR) is 64.3 cm³/mol. The summed E-state index contributed by atoms with van der Waals surface area (Å²) in [6.45, 7) is 5.83. The van der Waals surface area contributed by atoms with Crippen LogP contribution in [-0.4, -0.2) is 15.2 Å². The van der Waals surface area contributed by atoms with Crippen molar-refractivity contribution in [1.29, 1.82) is 0 Å². The van der Waals surface area contributed by atoms with Crippen LogP contribution in [-0.2, 0) is 0 Å². The Morgan fingerprint density at radius 1 is 1.18 bits per heavy atom. The zero-order valence-corrected chi connectivity index (χ0v) is 10.2. The van der Waals surface area contributed by atoms with Crippen molar-refractivity contribution in [2.24, 2.45) is 5.92 Å². The van der Waals surface area contributed by atoms with Crippen LogP contribution < -0.4 is 0 Å². The van der Waals surface area contributed by atoms with Gasteiger partial charge in [-0.05, 0) is 12.8 Å². The molecule has 0 bridgehead atoms. The molecule has 90 valence electrons. The Labute approximate surface area is 100 Å². The molecule has 1 aromatic heterocycles. The maximum Gasteiger partial charge on any atom is 0.256 e. The number of aliphatic hydroxyl groups excluding tert-OH is 1. The van der Waals surface area contributed by atoms with E-state index < -0.39 is 6.10 Å². The Morgan fingerprint density at radius 2 is 1.82 bits per heavy atom. The number of rotatable bonds is 3. The lowest BCUT2D eigenvalue weighted by Gasteiger charge is -2.07. The SMILES string of the molecule is Cc1ccc(-c2noc([C@@H](O)C(C)C)n2)cc1. The van der Waals surface area contributed by atoms with Crippen molar-refractivity contribution >= 4 is 0 Å². The molecule has 1 N–H and O–H groups in total. The highest BCUT2D eigenvalue weighted by Crippen LogP contribution is 2.23. The molecule has 2 rings (SSSR count). The van der Waals surface area contributed by atoms with Gasteiger partial charge < -0.3 is 9.63 Å². The second-order valence-corrected chi connectivity index (χ2v) is 4.51. The number of hydrogen-bond acceptors (Lipinski definition) is 4. The van der Waals surface area contributed by atoms with Gasteiger partial charge in [-0.3, -0.25) is 0 Å². The molecular weight excluding hydrogens is 216 g/mol. The first-order valence-electron chi connectivity index (χ1n) is 5.66. The Hall–Kier alpha value is -1.68. The van der Waals surface area contributed by atoms with Crippen molar-refractivity contribution in [2.45, 2.75) is 26.9 Å². The highest BCUT2D eigenvalue weighted by Gasteiger charge is 2.19. The molecular formula is C13H16N2O2. The van der Waals surface area contributed by atoms with Crippen molar-refractivity contribution in [3.05, 3.63) is 35.7 Å². The molecule has 0 aliphatic carbocycles. The van der Waals surface area contributed by atoms with E-state index in [1.807, 2.05) is 45.0 Å². The van der Waals surface area contributed by atoms with Gasteiger partial charge in [0.05, 0.1) is 0 Å². The predicted octanol–water partition coefficient (Wildman–Crippen LogP) is 2.73. The molecule has 0 aliphatic heterocycles. The van der Waals surface area contributed by atoms with Gasteiger partial charge in [0.2, 0.25) is 5.82 Å². The molecule has 1 heterocycles. The molecule has 0 spiro atoms. The smallest absolute Gasteiger partial charge is 0.256 e. The van der Waals surface area contributed by atoms with Crippen molar-refractivity contribution in [2.75, 3.05) is 0 Å². The van der Waals surface area contributed by atoms with E-state index in [0.29, 0.717) is 5.82 Å². The standard InChI is InChI=1S/C13H16N2O2/c1-8(2)11(16)13-14-12(15-17-13)10-6-4-9(3)5-7-10/h4-8,11,16H,1-3H3/t11-/m0/s1. The van der Waals surface area contributed by atoms with Gasteiger partial charge in [-0.2, -0.15) is 4.98 Å². The fourth-order valence-electron chi connectivity index (χ4n) is 1.46. The minimum Gasteiger partial charge on any atom is -0.383 e. The lowest BCUT2D eigenvalue weighted by molar-refractivity contribution is 0.0896. The number of benzene rings is 1. The van der Waals surface area contributed by atoms with E-state index in [0.717, 1.165) is 5.56 Å². The van der Waals surface area contributed by atoms with Crippen molar-refractivity contribution in [1.82, 2.24) is 10.1 Å². The Kier molecular flexibility index (Phi) is 3.24. The van der Waals surface area contributed by atoms with Gasteiger partial charge in [-0.15, -0.1) is 0 Å². The van der Waals surface area contributed by atoms with Gasteiger partial charge in [0.1, 0.15) is 6.10 Å². The van der Waals surface area contributed by atoms with Gasteiger partial charge in [-0.1, -0.05) is 48.8 Å². The number of hydrogen-bond donors (Lipinski definition) is 1. The molecule has 2 aromatic rings. The van der Waals surface area contributed by atoms with Gasteiger partial charge >= 0.3 is 0 Å². The molecule has 0 radical (unpaired) electrons. The number of aromatic nitrogens is 2. The molecule has 17 heavy (non-hydrogen) atoms. The summed E-state index contributed by atoms with van der Waals surface area (Å²) in [5.74, 6) is 0.844. The molecule has 0 saturated carbocycles. The maximum absolute atomic E-state index is 9.81. The average molecular weight is 232 g/mol. The topological polar surface area (TPSA) is 59.2 Å². The van der Waals surface area contributed by atoms with Crippen LogP contribution in [0.4, 0.5) is 0 Å². The monoisotopic (exact) mass is 232 g/mol. The first kappa shape index (κ1) is 11.8. The fraction of sp³-hybridized carbons (Fsp3) is 0.385. The summed E-state index contributed by atoms with van der Waals surface area (Å²) in [6, 6.07) is 7.85. The summed E-state index contributed by atoms with van der Waals surface area (Å²) >= 11 is 0. The third kappa shape index (κ3) is 2.53. The van der Waals surface area contributed by atoms with Crippen molar-refractivity contribution in [3.8, 4) is 11.4 Å². The molecule has 4 nitrogen and oxygen atoms in total. The van der Waals surface area contributed by atoms with E-state index in [-0.39, 0.29) is 11.8 Å². The summed E-state index contributed by atoms with van der Waals surface area (Å²) in [5.41, 5.74) is 2.07. The minimum atomic E-state index is -0.707. The molecule has 0 unspecified atom stereocenters. The van der Waals surface area contributed by atoms with Crippen LogP contribution in [0.3, 0.4) is 0 Å². The van der Waals surface area contributed by atoms with Crippen LogP contribution in [0.15, 0.2) is 28.8 Å². The van der Waals surface area contributed by atoms with Crippen molar-refractivity contribution < 1.29 is 9.63 Å². The average Bonchev–Trinajstić information content (AvgIpc) is 2.78. The molecule has 0 saturated heterocycles. The van der Waals surface area contributed by atoms with Gasteiger partial charge in [-0.25, -0.2) is 0 Å². The zero-order chi connectivity index (χ0) is 12.4. The Morgan fingerprint density at radius 3 is 2.41 bits per heavy atom. The van der Waals surface area contributed by atoms with Crippen molar-refractivity contribution in [3.63, 3.8) is 0 Å². The third-order valence-electron chi connectivity index (χ3n) is 2.64. The lowest BCUT2D eigenvalue weighted by Crippen LogP contribution is -2.05. The quantitative estimate of drug-likeness (QED) is 0.884. The van der Waals surface area contributed by atoms with Gasteiger partial charge in [0, 0.05) is 5.56 Å². The second kappa shape index (κ2) is 4.67. The fourth-order valence-corrected chi connectivity index (χ4v) is 1.46. The van der Waals surface area contributed by atoms with E-state index in [2.05, 4.69) is 10.1 Å². The first-order chi connectivity index (χ1) is 8.08. The summed E-state index contributed by atoms with van der Waals surface area (Å²) in [4.78, 5) is 4.20. The Balaban J connectivity index is 2.26. The van der Waals surface area contributed by atoms with E-state index in [1.165, 1.54) is 5.56 Å². The lowest BCUT2D eigenvalue weighted by atomic mass is 10.1. The largest absolute Gasteiger partial charge is 0.383 e. The van der Waals surface area contributed by atoms with Gasteiger partial charge in [0.25, 0.3) is 5.89 Å². The van der Waals surface area contributed by atoms with Crippen LogP contribution in [0.5, 0.6) is 0 Å². The van der Waals surface area contributed by atoms with Crippen LogP contribution in [0.1, 0.15) is 31.4 Å². The number of aliphatic hydroxyl groups is 1. The summed E-state index contributed by atoms with van der Waals surface area (Å²) in [7, 11) is 0. The highest BCUT2D eigenvalue weighted by molar-refractivity contribution is 5.54. The number of aryl methyl sites for hydroxylation is 1. The molecule has 1 atom stereocenters. The van der Waals surface area contributed by atoms with Crippen LogP contribution in [0.2, 0.25) is 0 Å². The number of nitrogens with zero attached hydrogens (tertiary/aromatic N) is 2. The Bertz CT molecular complexity index is 488. The molecule has 0 amide bonds. The van der Waals surface area contributed by atoms with Crippen LogP contribution in [0, 0.1) is 12.8 Å². The molecule has 1 aromatic carbocycles. The highest BCUT2D eigenvalue weighted by atomic mass is 16.5. The van der Waals surface area contributed by atoms with E-state index in [1.54, 1.807) is 0 Å². The summed E-state index contributed by atoms with van der Waals surface area (Å²) < 4.78 is 5.06.